The van der Waals surface area contributed by atoms with Crippen molar-refractivity contribution in [1.82, 2.24) is 25.1 Å². The van der Waals surface area contributed by atoms with Gasteiger partial charge in [-0.3, -0.25) is 9.59 Å². The first-order valence-electron chi connectivity index (χ1n) is 13.0. The first-order valence-corrected chi connectivity index (χ1v) is 13.0. The molecule has 2 heterocycles. The molecule has 0 aliphatic carbocycles. The number of urea groups is 1. The van der Waals surface area contributed by atoms with Crippen LogP contribution in [0.25, 0.3) is 0 Å². The van der Waals surface area contributed by atoms with Gasteiger partial charge in [0.05, 0.1) is 19.1 Å². The summed E-state index contributed by atoms with van der Waals surface area (Å²) in [5, 5.41) is 6.26. The highest BCUT2D eigenvalue weighted by molar-refractivity contribution is 5.92. The van der Waals surface area contributed by atoms with Crippen LogP contribution in [0.4, 0.5) is 4.79 Å². The molecule has 0 spiro atoms. The average molecular weight is 512 g/mol. The first-order chi connectivity index (χ1) is 18.4. The fourth-order valence-electron chi connectivity index (χ4n) is 5.42. The zero-order chi connectivity index (χ0) is 26.6. The van der Waals surface area contributed by atoms with E-state index >= 15 is 0 Å². The zero-order valence-corrected chi connectivity index (χ0v) is 21.7. The highest BCUT2D eigenvalue weighted by atomic mass is 16.2. The standard InChI is InChI=1S/C30H33N5O3/c1-22(25-16-10-5-11-17-25)33-20-27-34(26(29(33)37)18-23-12-6-3-7-13-23)28(36)21-32(2)35(27)30(38)31-19-24-14-8-4-9-15-24/h3-17,22,26-27H,18-21H2,1-2H3,(H,31,38)/t22-,26+,27+/m1/s1. The van der Waals surface area contributed by atoms with Crippen LogP contribution in [0.2, 0.25) is 0 Å². The molecular weight excluding hydrogens is 478 g/mol. The predicted molar refractivity (Wildman–Crippen MR) is 144 cm³/mol. The molecule has 2 aliphatic heterocycles. The van der Waals surface area contributed by atoms with Gasteiger partial charge < -0.3 is 15.1 Å². The molecular formula is C30H33N5O3. The number of hydrogen-bond donors (Lipinski definition) is 1. The molecule has 2 fully saturated rings. The Hall–Kier alpha value is -4.17. The van der Waals surface area contributed by atoms with Crippen LogP contribution >= 0.6 is 0 Å². The van der Waals surface area contributed by atoms with Crippen LogP contribution in [-0.2, 0) is 22.6 Å². The molecule has 5 rings (SSSR count). The monoisotopic (exact) mass is 511 g/mol. The quantitative estimate of drug-likeness (QED) is 0.550. The van der Waals surface area contributed by atoms with Crippen LogP contribution in [-0.4, -0.2) is 70.0 Å². The van der Waals surface area contributed by atoms with Gasteiger partial charge in [0.2, 0.25) is 11.8 Å². The van der Waals surface area contributed by atoms with E-state index in [9.17, 15) is 14.4 Å². The highest BCUT2D eigenvalue weighted by Gasteiger charge is 2.51. The summed E-state index contributed by atoms with van der Waals surface area (Å²) in [5.41, 5.74) is 2.95. The Morgan fingerprint density at radius 1 is 0.895 bits per heavy atom. The molecule has 8 nitrogen and oxygen atoms in total. The summed E-state index contributed by atoms with van der Waals surface area (Å²) in [6.07, 6.45) is -0.252. The molecule has 0 unspecified atom stereocenters. The minimum Gasteiger partial charge on any atom is -0.333 e. The van der Waals surface area contributed by atoms with Crippen molar-refractivity contribution in [3.05, 3.63) is 108 Å². The summed E-state index contributed by atoms with van der Waals surface area (Å²) >= 11 is 0. The molecule has 1 N–H and O–H groups in total. The molecule has 3 aromatic rings. The third-order valence-electron chi connectivity index (χ3n) is 7.40. The second-order valence-corrected chi connectivity index (χ2v) is 9.87. The van der Waals surface area contributed by atoms with Crippen LogP contribution < -0.4 is 5.32 Å². The van der Waals surface area contributed by atoms with Gasteiger partial charge in [-0.15, -0.1) is 0 Å². The Bertz CT molecular complexity index is 1270. The van der Waals surface area contributed by atoms with Crippen LogP contribution in [0, 0.1) is 0 Å². The van der Waals surface area contributed by atoms with Crippen molar-refractivity contribution in [2.45, 2.75) is 38.1 Å². The van der Waals surface area contributed by atoms with E-state index in [1.807, 2.05) is 103 Å². The van der Waals surface area contributed by atoms with Gasteiger partial charge in [-0.1, -0.05) is 91.0 Å². The molecule has 2 saturated heterocycles. The van der Waals surface area contributed by atoms with Crippen molar-refractivity contribution in [2.75, 3.05) is 20.1 Å². The van der Waals surface area contributed by atoms with Crippen LogP contribution in [0.1, 0.15) is 29.7 Å². The Kier molecular flexibility index (Phi) is 7.42. The number of nitrogens with zero attached hydrogens (tertiary/aromatic N) is 4. The molecule has 4 amide bonds. The molecule has 8 heteroatoms. The van der Waals surface area contributed by atoms with Crippen molar-refractivity contribution >= 4 is 17.8 Å². The van der Waals surface area contributed by atoms with Gasteiger partial charge in [0.1, 0.15) is 12.2 Å². The lowest BCUT2D eigenvalue weighted by molar-refractivity contribution is -0.189. The molecule has 0 bridgehead atoms. The zero-order valence-electron chi connectivity index (χ0n) is 21.7. The number of hydrogen-bond acceptors (Lipinski definition) is 4. The second-order valence-electron chi connectivity index (χ2n) is 9.87. The fraction of sp³-hybridized carbons (Fsp3) is 0.300. The van der Waals surface area contributed by atoms with Crippen LogP contribution in [0.15, 0.2) is 91.0 Å². The lowest BCUT2D eigenvalue weighted by Gasteiger charge is -2.55. The van der Waals surface area contributed by atoms with Gasteiger partial charge in [-0.25, -0.2) is 14.8 Å². The SMILES string of the molecule is C[C@H](c1ccccc1)N1C[C@H]2N(C(=O)CN(C)N2C(=O)NCc2ccccc2)[C@@H](Cc2ccccc2)C1=O. The fourth-order valence-corrected chi connectivity index (χ4v) is 5.42. The van der Waals surface area contributed by atoms with Gasteiger partial charge in [0, 0.05) is 20.0 Å². The molecule has 2 aliphatic rings. The Morgan fingerprint density at radius 2 is 1.47 bits per heavy atom. The summed E-state index contributed by atoms with van der Waals surface area (Å²) in [6.45, 7) is 2.59. The third kappa shape index (κ3) is 5.13. The summed E-state index contributed by atoms with van der Waals surface area (Å²) in [6, 6.07) is 28.0. The van der Waals surface area contributed by atoms with E-state index in [2.05, 4.69) is 5.32 Å². The smallest absolute Gasteiger partial charge is 0.333 e. The third-order valence-corrected chi connectivity index (χ3v) is 7.40. The lowest BCUT2D eigenvalue weighted by atomic mass is 9.96. The summed E-state index contributed by atoms with van der Waals surface area (Å²) in [7, 11) is 1.74. The summed E-state index contributed by atoms with van der Waals surface area (Å²) < 4.78 is 0. The number of likely N-dealkylation sites (N-methyl/N-ethyl adjacent to an activating group) is 1. The van der Waals surface area contributed by atoms with E-state index in [1.165, 1.54) is 0 Å². The van der Waals surface area contributed by atoms with E-state index in [1.54, 1.807) is 22.0 Å². The van der Waals surface area contributed by atoms with Gasteiger partial charge >= 0.3 is 6.03 Å². The molecule has 38 heavy (non-hydrogen) atoms. The average Bonchev–Trinajstić information content (AvgIpc) is 2.94. The summed E-state index contributed by atoms with van der Waals surface area (Å²) in [5.74, 6) is -0.269. The number of amides is 4. The molecule has 3 aromatic carbocycles. The topological polar surface area (TPSA) is 76.2 Å². The van der Waals surface area contributed by atoms with E-state index < -0.39 is 12.2 Å². The van der Waals surface area contributed by atoms with Gasteiger partial charge in [0.25, 0.3) is 0 Å². The predicted octanol–water partition coefficient (Wildman–Crippen LogP) is 3.43. The van der Waals surface area contributed by atoms with Crippen LogP contribution in [0.5, 0.6) is 0 Å². The maximum Gasteiger partial charge on any atom is 0.334 e. The number of hydrazine groups is 1. The van der Waals surface area contributed by atoms with E-state index in [0.717, 1.165) is 16.7 Å². The number of benzene rings is 3. The number of carbonyl (C=O) groups excluding carboxylic acids is 3. The molecule has 196 valence electrons. The number of nitrogens with one attached hydrogen (secondary N) is 1. The summed E-state index contributed by atoms with van der Waals surface area (Å²) in [4.78, 5) is 44.5. The van der Waals surface area contributed by atoms with Gasteiger partial charge in [-0.2, -0.15) is 0 Å². The molecule has 0 aromatic heterocycles. The first kappa shape index (κ1) is 25.5. The minimum absolute atomic E-state index is 0.0159. The number of carbonyl (C=O) groups is 3. The maximum atomic E-state index is 14.0. The number of fused-ring (bicyclic) bond motifs is 1. The molecule has 3 atom stereocenters. The van der Waals surface area contributed by atoms with Crippen molar-refractivity contribution in [1.29, 1.82) is 0 Å². The Labute approximate surface area is 223 Å². The number of rotatable bonds is 6. The van der Waals surface area contributed by atoms with E-state index in [-0.39, 0.29) is 37.0 Å². The van der Waals surface area contributed by atoms with Gasteiger partial charge in [-0.05, 0) is 23.6 Å². The molecule has 0 radical (unpaired) electrons. The second kappa shape index (κ2) is 11.1. The normalized spacial score (nSPS) is 20.7. The molecule has 0 saturated carbocycles. The highest BCUT2D eigenvalue weighted by Crippen LogP contribution is 2.32. The minimum atomic E-state index is -0.715. The number of piperazine rings is 1. The van der Waals surface area contributed by atoms with Crippen molar-refractivity contribution in [2.24, 2.45) is 0 Å². The maximum absolute atomic E-state index is 14.0. The largest absolute Gasteiger partial charge is 0.334 e. The van der Waals surface area contributed by atoms with Crippen molar-refractivity contribution in [3.63, 3.8) is 0 Å². The lowest BCUT2D eigenvalue weighted by Crippen LogP contribution is -2.76. The Balaban J connectivity index is 1.48. The van der Waals surface area contributed by atoms with Crippen LogP contribution in [0.3, 0.4) is 0 Å². The van der Waals surface area contributed by atoms with Crippen molar-refractivity contribution < 1.29 is 14.4 Å². The van der Waals surface area contributed by atoms with Crippen molar-refractivity contribution in [3.8, 4) is 0 Å². The van der Waals surface area contributed by atoms with E-state index in [4.69, 9.17) is 0 Å². The van der Waals surface area contributed by atoms with E-state index in [0.29, 0.717) is 13.0 Å². The van der Waals surface area contributed by atoms with Gasteiger partial charge in [0.15, 0.2) is 0 Å². The Morgan fingerprint density at radius 3 is 2.11 bits per heavy atom.